The molecule has 0 fully saturated rings. The van der Waals surface area contributed by atoms with Gasteiger partial charge >= 0.3 is 0 Å². The van der Waals surface area contributed by atoms with Crippen molar-refractivity contribution in [3.8, 4) is 11.3 Å². The summed E-state index contributed by atoms with van der Waals surface area (Å²) in [4.78, 5) is 0. The molecule has 22 heavy (non-hydrogen) atoms. The van der Waals surface area contributed by atoms with Crippen molar-refractivity contribution in [1.82, 2.24) is 9.78 Å². The van der Waals surface area contributed by atoms with Gasteiger partial charge in [-0.05, 0) is 48.6 Å². The van der Waals surface area contributed by atoms with E-state index in [0.717, 1.165) is 5.69 Å². The van der Waals surface area contributed by atoms with Crippen molar-refractivity contribution < 1.29 is 0 Å². The smallest absolute Gasteiger partial charge is 0.100 e. The molecule has 0 saturated carbocycles. The molecule has 3 rings (SSSR count). The van der Waals surface area contributed by atoms with Crippen LogP contribution in [0.5, 0.6) is 0 Å². The molecule has 1 heterocycles. The molecule has 0 aliphatic heterocycles. The lowest BCUT2D eigenvalue weighted by atomic mass is 9.84. The Morgan fingerprint density at radius 3 is 2.36 bits per heavy atom. The first-order valence-electron chi connectivity index (χ1n) is 7.82. The minimum Gasteiger partial charge on any atom is -0.267 e. The van der Waals surface area contributed by atoms with Crippen molar-refractivity contribution in [1.29, 1.82) is 0 Å². The number of rotatable bonds is 1. The third-order valence-corrected chi connectivity index (χ3v) is 4.36. The van der Waals surface area contributed by atoms with E-state index in [1.807, 2.05) is 11.7 Å². The van der Waals surface area contributed by atoms with Crippen LogP contribution in [0.15, 0.2) is 36.4 Å². The summed E-state index contributed by atoms with van der Waals surface area (Å²) in [7, 11) is 2.02. The Labute approximate surface area is 132 Å². The zero-order chi connectivity index (χ0) is 16.1. The Morgan fingerprint density at radius 1 is 0.955 bits per heavy atom. The van der Waals surface area contributed by atoms with Gasteiger partial charge in [0.25, 0.3) is 0 Å². The molecule has 2 aromatic carbocycles. The van der Waals surface area contributed by atoms with Gasteiger partial charge in [-0.1, -0.05) is 44.5 Å². The Morgan fingerprint density at radius 2 is 1.68 bits per heavy atom. The van der Waals surface area contributed by atoms with Crippen molar-refractivity contribution in [2.24, 2.45) is 7.05 Å². The van der Waals surface area contributed by atoms with Gasteiger partial charge < -0.3 is 0 Å². The Kier molecular flexibility index (Phi) is 3.36. The number of benzene rings is 2. The fourth-order valence-electron chi connectivity index (χ4n) is 2.92. The molecule has 0 bridgehead atoms. The molecule has 114 valence electrons. The van der Waals surface area contributed by atoms with Crippen LogP contribution >= 0.6 is 0 Å². The number of aryl methyl sites for hydroxylation is 3. The molecule has 0 amide bonds. The van der Waals surface area contributed by atoms with Crippen LogP contribution in [0.3, 0.4) is 0 Å². The topological polar surface area (TPSA) is 17.8 Å². The molecular weight excluding hydrogens is 268 g/mol. The number of hydrogen-bond donors (Lipinski definition) is 0. The van der Waals surface area contributed by atoms with Crippen molar-refractivity contribution in [2.75, 3.05) is 0 Å². The Bertz CT molecular complexity index is 848. The lowest BCUT2D eigenvalue weighted by molar-refractivity contribution is 0.590. The summed E-state index contributed by atoms with van der Waals surface area (Å²) in [6, 6.07) is 13.3. The van der Waals surface area contributed by atoms with Crippen LogP contribution in [0.2, 0.25) is 0 Å². The fourth-order valence-corrected chi connectivity index (χ4v) is 2.92. The molecule has 0 spiro atoms. The summed E-state index contributed by atoms with van der Waals surface area (Å²) in [6.45, 7) is 11.1. The maximum atomic E-state index is 4.80. The number of aromatic nitrogens is 2. The average Bonchev–Trinajstić information content (AvgIpc) is 2.74. The summed E-state index contributed by atoms with van der Waals surface area (Å²) in [5.74, 6) is 0. The highest BCUT2D eigenvalue weighted by Crippen LogP contribution is 2.33. The predicted octanol–water partition coefficient (Wildman–Crippen LogP) is 5.15. The zero-order valence-electron chi connectivity index (χ0n) is 14.4. The largest absolute Gasteiger partial charge is 0.267 e. The van der Waals surface area contributed by atoms with Crippen LogP contribution in [0, 0.1) is 13.8 Å². The molecule has 2 nitrogen and oxygen atoms in total. The fraction of sp³-hybridized carbons (Fsp3) is 0.350. The molecule has 0 aliphatic carbocycles. The highest BCUT2D eigenvalue weighted by atomic mass is 15.3. The van der Waals surface area contributed by atoms with E-state index in [-0.39, 0.29) is 5.41 Å². The summed E-state index contributed by atoms with van der Waals surface area (Å²) in [5, 5.41) is 6.03. The molecule has 0 radical (unpaired) electrons. The van der Waals surface area contributed by atoms with Crippen LogP contribution in [0.25, 0.3) is 22.2 Å². The monoisotopic (exact) mass is 292 g/mol. The first-order valence-corrected chi connectivity index (χ1v) is 7.82. The van der Waals surface area contributed by atoms with Gasteiger partial charge in [-0.3, -0.25) is 4.68 Å². The normalized spacial score (nSPS) is 12.1. The number of nitrogens with zero attached hydrogens (tertiary/aromatic N) is 2. The second-order valence-corrected chi connectivity index (χ2v) is 7.27. The SMILES string of the molecule is Cc1ccc2c(c1)c(-c1cc(C(C)(C)C)ccc1C)nn2C. The second kappa shape index (κ2) is 4.98. The Hall–Kier alpha value is -2.09. The van der Waals surface area contributed by atoms with Crippen LogP contribution in [-0.4, -0.2) is 9.78 Å². The number of fused-ring (bicyclic) bond motifs is 1. The molecule has 0 atom stereocenters. The van der Waals surface area contributed by atoms with E-state index in [1.165, 1.54) is 33.2 Å². The molecular formula is C20H24N2. The highest BCUT2D eigenvalue weighted by Gasteiger charge is 2.18. The van der Waals surface area contributed by atoms with Gasteiger partial charge in [0.15, 0.2) is 0 Å². The Balaban J connectivity index is 2.30. The van der Waals surface area contributed by atoms with Crippen LogP contribution < -0.4 is 0 Å². The van der Waals surface area contributed by atoms with Gasteiger partial charge in [0, 0.05) is 18.0 Å². The molecule has 0 saturated heterocycles. The molecule has 0 N–H and O–H groups in total. The summed E-state index contributed by atoms with van der Waals surface area (Å²) < 4.78 is 1.98. The van der Waals surface area contributed by atoms with Crippen LogP contribution in [0.4, 0.5) is 0 Å². The van der Waals surface area contributed by atoms with Gasteiger partial charge in [-0.15, -0.1) is 0 Å². The third-order valence-electron chi connectivity index (χ3n) is 4.36. The zero-order valence-corrected chi connectivity index (χ0v) is 14.4. The van der Waals surface area contributed by atoms with Gasteiger partial charge in [0.1, 0.15) is 5.69 Å². The quantitative estimate of drug-likeness (QED) is 0.606. The first kappa shape index (κ1) is 14.8. The standard InChI is InChI=1S/C20H24N2/c1-13-7-10-18-17(11-13)19(21-22(18)6)16-12-15(20(3,4)5)9-8-14(16)2/h7-12H,1-6H3. The molecule has 3 aromatic rings. The lowest BCUT2D eigenvalue weighted by Gasteiger charge is -2.20. The maximum Gasteiger partial charge on any atom is 0.100 e. The molecule has 2 heteroatoms. The van der Waals surface area contributed by atoms with Gasteiger partial charge in [0.05, 0.1) is 5.52 Å². The summed E-state index contributed by atoms with van der Waals surface area (Å²) in [6.07, 6.45) is 0. The summed E-state index contributed by atoms with van der Waals surface area (Å²) >= 11 is 0. The molecule has 0 aliphatic rings. The van der Waals surface area contributed by atoms with E-state index in [0.29, 0.717) is 0 Å². The highest BCUT2D eigenvalue weighted by molar-refractivity contribution is 5.94. The van der Waals surface area contributed by atoms with Gasteiger partial charge in [0.2, 0.25) is 0 Å². The van der Waals surface area contributed by atoms with Crippen molar-refractivity contribution in [3.05, 3.63) is 53.1 Å². The number of hydrogen-bond acceptors (Lipinski definition) is 1. The van der Waals surface area contributed by atoms with E-state index in [1.54, 1.807) is 0 Å². The van der Waals surface area contributed by atoms with E-state index in [4.69, 9.17) is 5.10 Å². The second-order valence-electron chi connectivity index (χ2n) is 7.27. The van der Waals surface area contributed by atoms with E-state index in [2.05, 4.69) is 71.0 Å². The van der Waals surface area contributed by atoms with E-state index < -0.39 is 0 Å². The van der Waals surface area contributed by atoms with E-state index in [9.17, 15) is 0 Å². The summed E-state index contributed by atoms with van der Waals surface area (Å²) in [5.41, 5.74) is 7.54. The van der Waals surface area contributed by atoms with Crippen LogP contribution in [-0.2, 0) is 12.5 Å². The predicted molar refractivity (Wildman–Crippen MR) is 94.3 cm³/mol. The van der Waals surface area contributed by atoms with Gasteiger partial charge in [-0.2, -0.15) is 5.10 Å². The van der Waals surface area contributed by atoms with Crippen molar-refractivity contribution in [2.45, 2.75) is 40.0 Å². The maximum absolute atomic E-state index is 4.80. The van der Waals surface area contributed by atoms with Crippen LogP contribution in [0.1, 0.15) is 37.5 Å². The van der Waals surface area contributed by atoms with Crippen molar-refractivity contribution in [3.63, 3.8) is 0 Å². The molecule has 0 unspecified atom stereocenters. The lowest BCUT2D eigenvalue weighted by Crippen LogP contribution is -2.11. The van der Waals surface area contributed by atoms with Gasteiger partial charge in [-0.25, -0.2) is 0 Å². The van der Waals surface area contributed by atoms with Crippen molar-refractivity contribution >= 4 is 10.9 Å². The minimum absolute atomic E-state index is 0.142. The average molecular weight is 292 g/mol. The first-order chi connectivity index (χ1) is 10.3. The minimum atomic E-state index is 0.142. The molecule has 1 aromatic heterocycles. The van der Waals surface area contributed by atoms with E-state index >= 15 is 0 Å². The third kappa shape index (κ3) is 2.43.